The highest BCUT2D eigenvalue weighted by atomic mass is 14.9. The van der Waals surface area contributed by atoms with Crippen molar-refractivity contribution in [3.05, 3.63) is 75.8 Å². The molecule has 0 aliphatic heterocycles. The van der Waals surface area contributed by atoms with Crippen molar-refractivity contribution in [2.75, 3.05) is 0 Å². The van der Waals surface area contributed by atoms with Crippen molar-refractivity contribution < 1.29 is 0 Å². The first-order valence-corrected chi connectivity index (χ1v) is 10.4. The van der Waals surface area contributed by atoms with E-state index in [1.807, 2.05) is 36.4 Å². The molecular weight excluding hydrogens is 448 g/mol. The van der Waals surface area contributed by atoms with Crippen molar-refractivity contribution in [3.8, 4) is 47.7 Å². The Hall–Kier alpha value is -6.32. The zero-order valence-corrected chi connectivity index (χ0v) is 18.2. The molecule has 1 aliphatic carbocycles. The lowest BCUT2D eigenvalue weighted by Crippen LogP contribution is -2.21. The van der Waals surface area contributed by atoms with Crippen LogP contribution in [0, 0.1) is 68.0 Å². The lowest BCUT2D eigenvalue weighted by molar-refractivity contribution is 1.26. The second-order valence-electron chi connectivity index (χ2n) is 7.63. The van der Waals surface area contributed by atoms with E-state index in [9.17, 15) is 31.6 Å². The molecule has 0 atom stereocenters. The summed E-state index contributed by atoms with van der Waals surface area (Å²) < 4.78 is 0. The minimum atomic E-state index is -0.228. The molecule has 0 spiro atoms. The average molecular weight is 456 g/mol. The quantitative estimate of drug-likeness (QED) is 0.253. The SMILES string of the molecule is N#CC(C#N)=C1c2ccccc2-c2nc3c(=C(C#N)C#N)c4ccccc4c(=C(C#N)C#N)c3nc21. The molecule has 36 heavy (non-hydrogen) atoms. The van der Waals surface area contributed by atoms with Gasteiger partial charge in [0.2, 0.25) is 0 Å². The highest BCUT2D eigenvalue weighted by Gasteiger charge is 2.30. The highest BCUT2D eigenvalue weighted by Crippen LogP contribution is 2.43. The minimum absolute atomic E-state index is 0.115. The van der Waals surface area contributed by atoms with Crippen molar-refractivity contribution in [3.63, 3.8) is 0 Å². The molecule has 0 amide bonds. The fourth-order valence-corrected chi connectivity index (χ4v) is 4.53. The van der Waals surface area contributed by atoms with Crippen LogP contribution >= 0.6 is 0 Å². The van der Waals surface area contributed by atoms with Gasteiger partial charge in [-0.25, -0.2) is 9.97 Å². The second-order valence-corrected chi connectivity index (χ2v) is 7.63. The Morgan fingerprint density at radius 2 is 0.917 bits per heavy atom. The van der Waals surface area contributed by atoms with E-state index in [0.29, 0.717) is 33.2 Å². The van der Waals surface area contributed by atoms with Gasteiger partial charge in [0.25, 0.3) is 0 Å². The molecule has 1 heterocycles. The predicted octanol–water partition coefficient (Wildman–Crippen LogP) is 3.01. The van der Waals surface area contributed by atoms with Crippen molar-refractivity contribution in [1.82, 2.24) is 9.97 Å². The number of aromatic nitrogens is 2. The first kappa shape index (κ1) is 21.5. The van der Waals surface area contributed by atoms with Gasteiger partial charge >= 0.3 is 0 Å². The molecule has 0 bridgehead atoms. The van der Waals surface area contributed by atoms with Crippen LogP contribution in [0.2, 0.25) is 0 Å². The van der Waals surface area contributed by atoms with Crippen molar-refractivity contribution >= 4 is 38.5 Å². The zero-order valence-electron chi connectivity index (χ0n) is 18.2. The van der Waals surface area contributed by atoms with Crippen LogP contribution in [0.4, 0.5) is 0 Å². The third kappa shape index (κ3) is 2.81. The summed E-state index contributed by atoms with van der Waals surface area (Å²) in [5.41, 5.74) is 1.80. The Bertz CT molecular complexity index is 2060. The normalized spacial score (nSPS) is 10.6. The van der Waals surface area contributed by atoms with E-state index in [1.54, 1.807) is 48.5 Å². The highest BCUT2D eigenvalue weighted by molar-refractivity contribution is 6.07. The first-order chi connectivity index (χ1) is 17.6. The summed E-state index contributed by atoms with van der Waals surface area (Å²) in [5.74, 6) is 0. The summed E-state index contributed by atoms with van der Waals surface area (Å²) in [6, 6.07) is 25.3. The molecule has 4 aromatic rings. The topological polar surface area (TPSA) is 169 Å². The number of benzene rings is 3. The molecule has 160 valence electrons. The maximum absolute atomic E-state index is 9.76. The molecule has 3 aromatic carbocycles. The zero-order chi connectivity index (χ0) is 25.4. The largest absolute Gasteiger partial charge is 0.243 e. The smallest absolute Gasteiger partial charge is 0.139 e. The van der Waals surface area contributed by atoms with Crippen molar-refractivity contribution in [1.29, 1.82) is 31.6 Å². The molecule has 1 aromatic heterocycles. The van der Waals surface area contributed by atoms with Gasteiger partial charge in [0.15, 0.2) is 0 Å². The van der Waals surface area contributed by atoms with Crippen LogP contribution in [0.1, 0.15) is 11.3 Å². The average Bonchev–Trinajstić information content (AvgIpc) is 3.24. The van der Waals surface area contributed by atoms with Gasteiger partial charge in [-0.05, 0) is 16.3 Å². The maximum Gasteiger partial charge on any atom is 0.139 e. The molecule has 0 radical (unpaired) electrons. The van der Waals surface area contributed by atoms with Crippen LogP contribution in [0.25, 0.3) is 49.8 Å². The summed E-state index contributed by atoms with van der Waals surface area (Å²) in [6.07, 6.45) is 0. The van der Waals surface area contributed by atoms with Crippen LogP contribution in [-0.4, -0.2) is 9.97 Å². The number of allylic oxidation sites excluding steroid dienone is 1. The van der Waals surface area contributed by atoms with E-state index in [4.69, 9.17) is 9.97 Å². The van der Waals surface area contributed by atoms with Gasteiger partial charge in [0.05, 0.1) is 5.69 Å². The van der Waals surface area contributed by atoms with Gasteiger partial charge < -0.3 is 0 Å². The third-order valence-electron chi connectivity index (χ3n) is 5.94. The minimum Gasteiger partial charge on any atom is -0.243 e. The van der Waals surface area contributed by atoms with Gasteiger partial charge in [-0.15, -0.1) is 0 Å². The number of nitriles is 6. The lowest BCUT2D eigenvalue weighted by Gasteiger charge is -2.09. The molecule has 1 aliphatic rings. The number of rotatable bonds is 0. The summed E-state index contributed by atoms with van der Waals surface area (Å²) in [5, 5.41) is 59.7. The fraction of sp³-hybridized carbons (Fsp3) is 0. The van der Waals surface area contributed by atoms with Crippen LogP contribution in [0.5, 0.6) is 0 Å². The molecule has 8 nitrogen and oxygen atoms in total. The van der Waals surface area contributed by atoms with Crippen LogP contribution < -0.4 is 10.4 Å². The Balaban J connectivity index is 2.22. The summed E-state index contributed by atoms with van der Waals surface area (Å²) in [7, 11) is 0. The van der Waals surface area contributed by atoms with E-state index >= 15 is 0 Å². The molecule has 0 saturated heterocycles. The summed E-state index contributed by atoms with van der Waals surface area (Å²) in [6.45, 7) is 0. The van der Waals surface area contributed by atoms with E-state index in [1.165, 1.54) is 0 Å². The first-order valence-electron chi connectivity index (χ1n) is 10.4. The molecule has 0 saturated carbocycles. The van der Waals surface area contributed by atoms with Crippen LogP contribution in [-0.2, 0) is 0 Å². The predicted molar refractivity (Wildman–Crippen MR) is 128 cm³/mol. The monoisotopic (exact) mass is 456 g/mol. The van der Waals surface area contributed by atoms with E-state index in [-0.39, 0.29) is 43.9 Å². The Kier molecular flexibility index (Phi) is 4.92. The van der Waals surface area contributed by atoms with Crippen LogP contribution in [0.15, 0.2) is 54.1 Å². The van der Waals surface area contributed by atoms with Gasteiger partial charge in [0.1, 0.15) is 69.9 Å². The standard InChI is InChI=1S/C28H8N8/c29-9-15(10-30)22-18-5-1-2-6-19(18)23(16(11-31)12-32)28-27(22)35-25-21-8-4-3-7-20(21)24(26(25)36-28)17(13-33)14-34/h1-8H. The fourth-order valence-electron chi connectivity index (χ4n) is 4.53. The Labute approximate surface area is 203 Å². The molecule has 0 unspecified atom stereocenters. The molecule has 8 heteroatoms. The van der Waals surface area contributed by atoms with Gasteiger partial charge in [-0.1, -0.05) is 48.5 Å². The second kappa shape index (κ2) is 8.23. The lowest BCUT2D eigenvalue weighted by atomic mass is 9.98. The Morgan fingerprint density at radius 3 is 1.39 bits per heavy atom. The number of hydrogen-bond donors (Lipinski definition) is 0. The third-order valence-corrected chi connectivity index (χ3v) is 5.94. The number of fused-ring (bicyclic) bond motifs is 5. The van der Waals surface area contributed by atoms with E-state index in [0.717, 1.165) is 0 Å². The van der Waals surface area contributed by atoms with Crippen molar-refractivity contribution in [2.24, 2.45) is 0 Å². The van der Waals surface area contributed by atoms with Gasteiger partial charge in [-0.3, -0.25) is 0 Å². The van der Waals surface area contributed by atoms with E-state index in [2.05, 4.69) is 0 Å². The van der Waals surface area contributed by atoms with E-state index < -0.39 is 0 Å². The van der Waals surface area contributed by atoms with Crippen molar-refractivity contribution in [2.45, 2.75) is 0 Å². The molecule has 5 rings (SSSR count). The van der Waals surface area contributed by atoms with Gasteiger partial charge in [0, 0.05) is 21.6 Å². The molecule has 0 N–H and O–H groups in total. The maximum atomic E-state index is 9.76. The number of nitrogens with zero attached hydrogens (tertiary/aromatic N) is 8. The molecular formula is C28H8N8. The van der Waals surface area contributed by atoms with Crippen LogP contribution in [0.3, 0.4) is 0 Å². The summed E-state index contributed by atoms with van der Waals surface area (Å²) in [4.78, 5) is 9.58. The summed E-state index contributed by atoms with van der Waals surface area (Å²) >= 11 is 0. The Morgan fingerprint density at radius 1 is 0.500 bits per heavy atom. The molecule has 0 fully saturated rings. The number of hydrogen-bond acceptors (Lipinski definition) is 8. The van der Waals surface area contributed by atoms with Gasteiger partial charge in [-0.2, -0.15) is 31.6 Å².